The Hall–Kier alpha value is -0.800. The van der Waals surface area contributed by atoms with Crippen molar-refractivity contribution in [3.05, 3.63) is 24.2 Å². The largest absolute Gasteiger partial charge is 0.468 e. The van der Waals surface area contributed by atoms with Gasteiger partial charge >= 0.3 is 0 Å². The Bertz CT molecular complexity index is 305. The first kappa shape index (κ1) is 10.7. The summed E-state index contributed by atoms with van der Waals surface area (Å²) in [5, 5.41) is 3.52. The van der Waals surface area contributed by atoms with E-state index in [1.807, 2.05) is 6.07 Å². The van der Waals surface area contributed by atoms with Gasteiger partial charge in [0, 0.05) is 25.2 Å². The molecule has 0 bridgehead atoms. The maximum atomic E-state index is 5.45. The average Bonchev–Trinajstić information content (AvgIpc) is 2.67. The van der Waals surface area contributed by atoms with Crippen molar-refractivity contribution in [3.63, 3.8) is 0 Å². The first-order valence-corrected chi connectivity index (χ1v) is 5.61. The highest BCUT2D eigenvalue weighted by molar-refractivity contribution is 5.05. The summed E-state index contributed by atoms with van der Waals surface area (Å²) < 4.78 is 5.45. The molecule has 1 N–H and O–H groups in total. The number of hydrogen-bond acceptors (Lipinski definition) is 3. The van der Waals surface area contributed by atoms with Crippen LogP contribution in [0.15, 0.2) is 22.8 Å². The summed E-state index contributed by atoms with van der Waals surface area (Å²) in [5.41, 5.74) is 0.207. The summed E-state index contributed by atoms with van der Waals surface area (Å²) in [5.74, 6) is 1.06. The summed E-state index contributed by atoms with van der Waals surface area (Å²) >= 11 is 0. The van der Waals surface area contributed by atoms with Crippen molar-refractivity contribution in [2.45, 2.75) is 32.4 Å². The van der Waals surface area contributed by atoms with Crippen molar-refractivity contribution in [2.75, 3.05) is 19.6 Å². The van der Waals surface area contributed by atoms with Crippen LogP contribution >= 0.6 is 0 Å². The summed E-state index contributed by atoms with van der Waals surface area (Å²) in [6.07, 6.45) is 1.75. The minimum absolute atomic E-state index is 0.207. The minimum Gasteiger partial charge on any atom is -0.468 e. The summed E-state index contributed by atoms with van der Waals surface area (Å²) in [6, 6.07) is 4.39. The van der Waals surface area contributed by atoms with E-state index in [9.17, 15) is 0 Å². The van der Waals surface area contributed by atoms with Crippen LogP contribution in [-0.4, -0.2) is 30.1 Å². The van der Waals surface area contributed by atoms with Gasteiger partial charge in [0.05, 0.1) is 12.3 Å². The van der Waals surface area contributed by atoms with E-state index in [1.54, 1.807) is 6.26 Å². The van der Waals surface area contributed by atoms with Gasteiger partial charge in [0.2, 0.25) is 0 Å². The molecule has 0 radical (unpaired) electrons. The van der Waals surface area contributed by atoms with E-state index in [0.29, 0.717) is 6.04 Å². The fourth-order valence-corrected chi connectivity index (χ4v) is 2.22. The molecule has 3 heteroatoms. The molecule has 1 aromatic heterocycles. The Morgan fingerprint density at radius 2 is 2.33 bits per heavy atom. The topological polar surface area (TPSA) is 28.4 Å². The van der Waals surface area contributed by atoms with Crippen molar-refractivity contribution >= 4 is 0 Å². The van der Waals surface area contributed by atoms with Gasteiger partial charge in [-0.3, -0.25) is 4.90 Å². The van der Waals surface area contributed by atoms with E-state index in [0.717, 1.165) is 25.4 Å². The molecule has 0 saturated carbocycles. The van der Waals surface area contributed by atoms with E-state index in [2.05, 4.69) is 37.1 Å². The van der Waals surface area contributed by atoms with Gasteiger partial charge in [0.15, 0.2) is 0 Å². The number of nitrogens with one attached hydrogen (secondary N) is 1. The molecule has 84 valence electrons. The van der Waals surface area contributed by atoms with Crippen molar-refractivity contribution < 1.29 is 4.42 Å². The highest BCUT2D eigenvalue weighted by atomic mass is 16.3. The van der Waals surface area contributed by atoms with E-state index in [-0.39, 0.29) is 5.54 Å². The first-order valence-electron chi connectivity index (χ1n) is 5.61. The molecular formula is C12H20N2O. The van der Waals surface area contributed by atoms with Crippen LogP contribution in [0.1, 0.15) is 32.6 Å². The van der Waals surface area contributed by atoms with Gasteiger partial charge in [-0.15, -0.1) is 0 Å². The Balaban J connectivity index is 2.04. The lowest BCUT2D eigenvalue weighted by molar-refractivity contribution is 0.106. The van der Waals surface area contributed by atoms with Gasteiger partial charge in [-0.05, 0) is 32.9 Å². The second-order valence-corrected chi connectivity index (χ2v) is 4.97. The average molecular weight is 208 g/mol. The first-order chi connectivity index (χ1) is 7.08. The molecule has 1 aliphatic heterocycles. The summed E-state index contributed by atoms with van der Waals surface area (Å²) in [7, 11) is 0. The van der Waals surface area contributed by atoms with Gasteiger partial charge in [0.25, 0.3) is 0 Å². The highest BCUT2D eigenvalue weighted by Crippen LogP contribution is 2.23. The van der Waals surface area contributed by atoms with E-state index in [4.69, 9.17) is 4.42 Å². The molecule has 0 aliphatic carbocycles. The van der Waals surface area contributed by atoms with Crippen LogP contribution in [0, 0.1) is 0 Å². The number of hydrogen-bond donors (Lipinski definition) is 1. The van der Waals surface area contributed by atoms with Gasteiger partial charge in [-0.1, -0.05) is 0 Å². The molecule has 0 amide bonds. The van der Waals surface area contributed by atoms with Crippen molar-refractivity contribution in [2.24, 2.45) is 0 Å². The summed E-state index contributed by atoms with van der Waals surface area (Å²) in [6.45, 7) is 9.90. The fraction of sp³-hybridized carbons (Fsp3) is 0.667. The lowest BCUT2D eigenvalue weighted by Gasteiger charge is -2.41. The quantitative estimate of drug-likeness (QED) is 0.806. The van der Waals surface area contributed by atoms with Gasteiger partial charge < -0.3 is 9.73 Å². The van der Waals surface area contributed by atoms with Crippen LogP contribution in [-0.2, 0) is 0 Å². The monoisotopic (exact) mass is 208 g/mol. The maximum Gasteiger partial charge on any atom is 0.120 e. The molecule has 2 rings (SSSR count). The zero-order valence-electron chi connectivity index (χ0n) is 9.79. The molecule has 1 saturated heterocycles. The number of rotatable bonds is 2. The van der Waals surface area contributed by atoms with Gasteiger partial charge in [-0.25, -0.2) is 0 Å². The molecule has 0 spiro atoms. The molecule has 2 heterocycles. The molecule has 1 unspecified atom stereocenters. The maximum absolute atomic E-state index is 5.45. The molecule has 3 nitrogen and oxygen atoms in total. The Kier molecular flexibility index (Phi) is 2.85. The van der Waals surface area contributed by atoms with E-state index in [1.165, 1.54) is 0 Å². The fourth-order valence-electron chi connectivity index (χ4n) is 2.22. The van der Waals surface area contributed by atoms with Gasteiger partial charge in [0.1, 0.15) is 5.76 Å². The summed E-state index contributed by atoms with van der Waals surface area (Å²) in [4.78, 5) is 2.47. The van der Waals surface area contributed by atoms with Crippen molar-refractivity contribution in [1.29, 1.82) is 0 Å². The van der Waals surface area contributed by atoms with Gasteiger partial charge in [-0.2, -0.15) is 0 Å². The van der Waals surface area contributed by atoms with Crippen LogP contribution in [0.5, 0.6) is 0 Å². The second kappa shape index (κ2) is 3.99. The Morgan fingerprint density at radius 3 is 2.93 bits per heavy atom. The molecule has 1 aromatic rings. The smallest absolute Gasteiger partial charge is 0.120 e. The normalized spacial score (nSPS) is 23.9. The van der Waals surface area contributed by atoms with E-state index < -0.39 is 0 Å². The van der Waals surface area contributed by atoms with Crippen LogP contribution < -0.4 is 5.32 Å². The zero-order valence-corrected chi connectivity index (χ0v) is 9.79. The predicted molar refractivity (Wildman–Crippen MR) is 60.8 cm³/mol. The minimum atomic E-state index is 0.207. The second-order valence-electron chi connectivity index (χ2n) is 4.97. The SMILES string of the molecule is CC(c1ccco1)N1CCNC(C)(C)C1. The van der Waals surface area contributed by atoms with Crippen LogP contribution in [0.2, 0.25) is 0 Å². The Labute approximate surface area is 91.4 Å². The zero-order chi connectivity index (χ0) is 10.9. The number of furan rings is 1. The molecule has 0 aromatic carbocycles. The van der Waals surface area contributed by atoms with Crippen molar-refractivity contribution in [3.8, 4) is 0 Å². The lowest BCUT2D eigenvalue weighted by Crippen LogP contribution is -2.57. The van der Waals surface area contributed by atoms with Crippen LogP contribution in [0.4, 0.5) is 0 Å². The van der Waals surface area contributed by atoms with E-state index >= 15 is 0 Å². The molecule has 1 fully saturated rings. The predicted octanol–water partition coefficient (Wildman–Crippen LogP) is 2.02. The molecule has 1 aliphatic rings. The third kappa shape index (κ3) is 2.41. The van der Waals surface area contributed by atoms with Crippen molar-refractivity contribution in [1.82, 2.24) is 10.2 Å². The van der Waals surface area contributed by atoms with Crippen LogP contribution in [0.25, 0.3) is 0 Å². The van der Waals surface area contributed by atoms with Crippen LogP contribution in [0.3, 0.4) is 0 Å². The third-order valence-electron chi connectivity index (χ3n) is 3.10. The molecule has 1 atom stereocenters. The Morgan fingerprint density at radius 1 is 1.53 bits per heavy atom. The number of nitrogens with zero attached hydrogens (tertiary/aromatic N) is 1. The standard InChI is InChI=1S/C12H20N2O/c1-10(11-5-4-8-15-11)14-7-6-13-12(2,3)9-14/h4-5,8,10,13H,6-7,9H2,1-3H3. The highest BCUT2D eigenvalue weighted by Gasteiger charge is 2.29. The lowest BCUT2D eigenvalue weighted by atomic mass is 10.0. The molecule has 15 heavy (non-hydrogen) atoms. The number of piperazine rings is 1. The molecular weight excluding hydrogens is 188 g/mol. The third-order valence-corrected chi connectivity index (χ3v) is 3.10.